The summed E-state index contributed by atoms with van der Waals surface area (Å²) in [6, 6.07) is -1.77. The summed E-state index contributed by atoms with van der Waals surface area (Å²) in [7, 11) is 1.39. The van der Waals surface area contributed by atoms with Crippen molar-refractivity contribution in [2.75, 3.05) is 7.11 Å². The van der Waals surface area contributed by atoms with Crippen LogP contribution in [0.5, 0.6) is 0 Å². The molecule has 166 valence electrons. The van der Waals surface area contributed by atoms with Crippen molar-refractivity contribution in [3.05, 3.63) is 11.8 Å². The maximum atomic E-state index is 13.1. The normalized spacial score (nSPS) is 20.8. The van der Waals surface area contributed by atoms with Gasteiger partial charge in [-0.25, -0.2) is 0 Å². The predicted molar refractivity (Wildman–Crippen MR) is 116 cm³/mol. The van der Waals surface area contributed by atoms with Crippen molar-refractivity contribution in [1.82, 2.24) is 10.2 Å². The summed E-state index contributed by atoms with van der Waals surface area (Å²) in [5.41, 5.74) is 0. The number of imide groups is 1. The molecule has 4 atom stereocenters. The summed E-state index contributed by atoms with van der Waals surface area (Å²) >= 11 is 35.2. The van der Waals surface area contributed by atoms with Crippen molar-refractivity contribution in [1.29, 1.82) is 0 Å². The highest BCUT2D eigenvalue weighted by molar-refractivity contribution is 6.68. The van der Waals surface area contributed by atoms with Gasteiger partial charge in [-0.05, 0) is 13.3 Å². The van der Waals surface area contributed by atoms with Gasteiger partial charge < -0.3 is 10.1 Å². The van der Waals surface area contributed by atoms with E-state index in [9.17, 15) is 14.4 Å². The molecule has 1 aliphatic heterocycles. The van der Waals surface area contributed by atoms with Crippen LogP contribution in [0.25, 0.3) is 0 Å². The number of methoxy groups -OCH3 is 1. The first-order valence-electron chi connectivity index (χ1n) is 8.65. The zero-order valence-electron chi connectivity index (χ0n) is 16.1. The molecule has 1 aliphatic rings. The van der Waals surface area contributed by atoms with Crippen LogP contribution in [0.2, 0.25) is 0 Å². The van der Waals surface area contributed by atoms with Gasteiger partial charge in [-0.1, -0.05) is 83.5 Å². The van der Waals surface area contributed by atoms with E-state index in [1.807, 2.05) is 0 Å². The van der Waals surface area contributed by atoms with Crippen molar-refractivity contribution < 1.29 is 19.1 Å². The Morgan fingerprint density at radius 2 is 1.66 bits per heavy atom. The predicted octanol–water partition coefficient (Wildman–Crippen LogP) is 4.55. The number of hydrogen-bond donors (Lipinski definition) is 1. The number of nitrogens with one attached hydrogen (secondary N) is 1. The molecule has 3 amide bonds. The average molecular weight is 531 g/mol. The Balaban J connectivity index is 3.04. The van der Waals surface area contributed by atoms with Gasteiger partial charge in [0.25, 0.3) is 11.8 Å². The van der Waals surface area contributed by atoms with Gasteiger partial charge in [0.1, 0.15) is 11.8 Å². The van der Waals surface area contributed by atoms with Crippen molar-refractivity contribution in [2.24, 2.45) is 11.8 Å². The van der Waals surface area contributed by atoms with Gasteiger partial charge in [-0.15, -0.1) is 0 Å². The number of ether oxygens (including phenoxy) is 1. The van der Waals surface area contributed by atoms with Crippen molar-refractivity contribution in [2.45, 2.75) is 53.3 Å². The summed E-state index contributed by atoms with van der Waals surface area (Å²) < 4.78 is 1.78. The largest absolute Gasteiger partial charge is 0.499 e. The summed E-state index contributed by atoms with van der Waals surface area (Å²) in [6.45, 7) is 4.81. The number of amides is 3. The molecule has 1 N–H and O–H groups in total. The number of nitrogens with zero attached hydrogens (tertiary/aromatic N) is 1. The van der Waals surface area contributed by atoms with Crippen LogP contribution in [-0.2, 0) is 19.1 Å². The molecular formula is C17H22Cl6N2O4. The highest BCUT2D eigenvalue weighted by Gasteiger charge is 2.41. The van der Waals surface area contributed by atoms with Gasteiger partial charge >= 0.3 is 0 Å². The molecule has 6 nitrogen and oxygen atoms in total. The first-order valence-corrected chi connectivity index (χ1v) is 10.9. The lowest BCUT2D eigenvalue weighted by Crippen LogP contribution is -2.53. The van der Waals surface area contributed by atoms with Gasteiger partial charge in [0, 0.05) is 24.3 Å². The lowest BCUT2D eigenvalue weighted by atomic mass is 10.0. The summed E-state index contributed by atoms with van der Waals surface area (Å²) in [5, 5.41) is 2.58. The quantitative estimate of drug-likeness (QED) is 0.490. The van der Waals surface area contributed by atoms with E-state index in [0.29, 0.717) is 5.76 Å². The molecule has 0 bridgehead atoms. The molecule has 0 saturated carbocycles. The molecule has 0 unspecified atom stereocenters. The van der Waals surface area contributed by atoms with Gasteiger partial charge in [-0.3, -0.25) is 19.3 Å². The minimum absolute atomic E-state index is 0.0258. The molecular weight excluding hydrogens is 509 g/mol. The van der Waals surface area contributed by atoms with Crippen LogP contribution in [-0.4, -0.2) is 49.4 Å². The molecule has 0 aromatic rings. The van der Waals surface area contributed by atoms with Crippen LogP contribution in [0.4, 0.5) is 0 Å². The van der Waals surface area contributed by atoms with Crippen molar-refractivity contribution in [3.63, 3.8) is 0 Å². The van der Waals surface area contributed by atoms with E-state index >= 15 is 0 Å². The smallest absolute Gasteiger partial charge is 0.257 e. The molecule has 1 heterocycles. The molecule has 0 spiro atoms. The van der Waals surface area contributed by atoms with Gasteiger partial charge in [0.05, 0.1) is 13.2 Å². The van der Waals surface area contributed by atoms with Crippen LogP contribution >= 0.6 is 69.6 Å². The third kappa shape index (κ3) is 7.51. The Morgan fingerprint density at radius 1 is 1.14 bits per heavy atom. The van der Waals surface area contributed by atoms with Crippen LogP contribution in [0.3, 0.4) is 0 Å². The lowest BCUT2D eigenvalue weighted by Gasteiger charge is -2.30. The Hall–Kier alpha value is -0.110. The minimum atomic E-state index is -1.68. The molecule has 0 aliphatic carbocycles. The molecule has 12 heteroatoms. The second-order valence-corrected chi connectivity index (χ2v) is 11.7. The van der Waals surface area contributed by atoms with E-state index in [0.717, 1.165) is 4.90 Å². The zero-order chi connectivity index (χ0) is 22.7. The monoisotopic (exact) mass is 528 g/mol. The summed E-state index contributed by atoms with van der Waals surface area (Å²) in [6.07, 6.45) is 1.03. The molecule has 1 rings (SSSR count). The third-order valence-electron chi connectivity index (χ3n) is 4.61. The maximum absolute atomic E-state index is 13.1. The Labute approximate surface area is 200 Å². The fourth-order valence-electron chi connectivity index (χ4n) is 2.68. The zero-order valence-corrected chi connectivity index (χ0v) is 20.7. The topological polar surface area (TPSA) is 75.7 Å². The van der Waals surface area contributed by atoms with Crippen molar-refractivity contribution >= 4 is 87.3 Å². The van der Waals surface area contributed by atoms with Crippen LogP contribution in [0, 0.1) is 11.8 Å². The Morgan fingerprint density at radius 3 is 2.07 bits per heavy atom. The highest BCUT2D eigenvalue weighted by Crippen LogP contribution is 2.38. The lowest BCUT2D eigenvalue weighted by molar-refractivity contribution is -0.146. The van der Waals surface area contributed by atoms with Crippen LogP contribution in [0.15, 0.2) is 11.8 Å². The SMILES string of the molecule is COC1=CC(=O)N(C(=O)[C@@H](C[C@@H](C)C(Cl)(Cl)Cl)NC(=O)C[C@@H](C)C(Cl)(Cl)Cl)[C@H]1C. The van der Waals surface area contributed by atoms with Crippen LogP contribution < -0.4 is 5.32 Å². The van der Waals surface area contributed by atoms with E-state index < -0.39 is 49.2 Å². The maximum Gasteiger partial charge on any atom is 0.257 e. The van der Waals surface area contributed by atoms with E-state index in [1.54, 1.807) is 20.8 Å². The molecule has 0 aromatic carbocycles. The minimum Gasteiger partial charge on any atom is -0.499 e. The standard InChI is InChI=1S/C17H22Cl6N2O4/c1-8(16(18,19)20)5-11(24-13(26)6-9(2)17(21,22)23)15(28)25-10(3)12(29-4)7-14(25)27/h7-11H,5-6H2,1-4H3,(H,24,26)/t8-,9-,10+,11-/m1/s1. The first-order chi connectivity index (χ1) is 13.1. The van der Waals surface area contributed by atoms with Crippen LogP contribution in [0.1, 0.15) is 33.6 Å². The fraction of sp³-hybridized carbons (Fsp3) is 0.706. The number of hydrogen-bond acceptors (Lipinski definition) is 4. The van der Waals surface area contributed by atoms with Gasteiger partial charge in [-0.2, -0.15) is 0 Å². The molecule has 0 fully saturated rings. The number of alkyl halides is 6. The molecule has 0 radical (unpaired) electrons. The first kappa shape index (κ1) is 26.9. The van der Waals surface area contributed by atoms with Gasteiger partial charge in [0.15, 0.2) is 7.59 Å². The number of halogens is 6. The molecule has 0 aromatic heterocycles. The number of carbonyl (C=O) groups is 3. The third-order valence-corrected chi connectivity index (χ3v) is 6.84. The molecule has 0 saturated heterocycles. The van der Waals surface area contributed by atoms with Gasteiger partial charge in [0.2, 0.25) is 5.91 Å². The number of rotatable bonds is 7. The Bertz CT molecular complexity index is 674. The second kappa shape index (κ2) is 10.5. The van der Waals surface area contributed by atoms with E-state index in [2.05, 4.69) is 5.32 Å². The fourth-order valence-corrected chi connectivity index (χ4v) is 3.18. The van der Waals surface area contributed by atoms with E-state index in [1.165, 1.54) is 13.2 Å². The summed E-state index contributed by atoms with van der Waals surface area (Å²) in [5.74, 6) is -2.67. The molecule has 29 heavy (non-hydrogen) atoms. The highest BCUT2D eigenvalue weighted by atomic mass is 35.6. The number of carbonyl (C=O) groups excluding carboxylic acids is 3. The van der Waals surface area contributed by atoms with E-state index in [-0.39, 0.29) is 12.8 Å². The summed E-state index contributed by atoms with van der Waals surface area (Å²) in [4.78, 5) is 38.8. The van der Waals surface area contributed by atoms with Crippen molar-refractivity contribution in [3.8, 4) is 0 Å². The average Bonchev–Trinajstić information content (AvgIpc) is 2.85. The second-order valence-electron chi connectivity index (χ2n) is 6.92. The van der Waals surface area contributed by atoms with E-state index in [4.69, 9.17) is 74.3 Å². The Kier molecular flexibility index (Phi) is 9.72.